The first-order chi connectivity index (χ1) is 14.0. The average Bonchev–Trinajstić information content (AvgIpc) is 3.20. The van der Waals surface area contributed by atoms with Crippen molar-refractivity contribution in [1.29, 1.82) is 0 Å². The smallest absolute Gasteiger partial charge is 0.269 e. The van der Waals surface area contributed by atoms with Gasteiger partial charge in [0.15, 0.2) is 5.16 Å². The second-order valence-electron chi connectivity index (χ2n) is 6.57. The second kappa shape index (κ2) is 7.88. The van der Waals surface area contributed by atoms with Crippen LogP contribution in [-0.4, -0.2) is 36.4 Å². The van der Waals surface area contributed by atoms with Crippen LogP contribution in [0.4, 0.5) is 5.69 Å². The Labute approximate surface area is 170 Å². The Morgan fingerprint density at radius 2 is 1.93 bits per heavy atom. The van der Waals surface area contributed by atoms with Gasteiger partial charge in [-0.3, -0.25) is 9.59 Å². The number of para-hydroxylation sites is 1. The molecule has 1 amide bonds. The van der Waals surface area contributed by atoms with E-state index in [0.29, 0.717) is 16.1 Å². The number of aryl methyl sites for hydroxylation is 2. The van der Waals surface area contributed by atoms with Gasteiger partial charge in [0.2, 0.25) is 11.9 Å². The van der Waals surface area contributed by atoms with Crippen molar-refractivity contribution in [2.45, 2.75) is 19.0 Å². The van der Waals surface area contributed by atoms with Gasteiger partial charge in [0, 0.05) is 5.69 Å². The standard InChI is InChI=1S/C20H18N6O2S/c1-12-7-13(2)9-14(8-12)23-17(27)10-29-20-24-16-6-4-3-5-15(16)18(28)26(20)19-21-11-22-25-19/h3-9,11H,10H2,1-2H3,(H,23,27)(H,21,22,25). The van der Waals surface area contributed by atoms with E-state index in [-0.39, 0.29) is 23.2 Å². The van der Waals surface area contributed by atoms with Gasteiger partial charge in [-0.05, 0) is 49.2 Å². The van der Waals surface area contributed by atoms with E-state index in [0.717, 1.165) is 28.6 Å². The van der Waals surface area contributed by atoms with Crippen LogP contribution < -0.4 is 10.9 Å². The van der Waals surface area contributed by atoms with Crippen molar-refractivity contribution in [3.8, 4) is 5.95 Å². The van der Waals surface area contributed by atoms with Gasteiger partial charge in [-0.15, -0.1) is 0 Å². The summed E-state index contributed by atoms with van der Waals surface area (Å²) in [6, 6.07) is 12.9. The van der Waals surface area contributed by atoms with Crippen LogP contribution in [0.25, 0.3) is 16.9 Å². The topological polar surface area (TPSA) is 106 Å². The first-order valence-corrected chi connectivity index (χ1v) is 9.88. The van der Waals surface area contributed by atoms with E-state index in [1.54, 1.807) is 18.2 Å². The Bertz CT molecular complexity index is 1230. The number of carbonyl (C=O) groups excluding carboxylic acids is 1. The van der Waals surface area contributed by atoms with E-state index >= 15 is 0 Å². The molecular formula is C20H18N6O2S. The Morgan fingerprint density at radius 3 is 2.66 bits per heavy atom. The van der Waals surface area contributed by atoms with E-state index < -0.39 is 0 Å². The number of amides is 1. The van der Waals surface area contributed by atoms with Gasteiger partial charge in [0.25, 0.3) is 5.56 Å². The van der Waals surface area contributed by atoms with E-state index in [1.165, 1.54) is 10.9 Å². The van der Waals surface area contributed by atoms with Crippen molar-refractivity contribution in [3.63, 3.8) is 0 Å². The molecule has 0 radical (unpaired) electrons. The monoisotopic (exact) mass is 406 g/mol. The van der Waals surface area contributed by atoms with Crippen LogP contribution in [0.3, 0.4) is 0 Å². The van der Waals surface area contributed by atoms with Crippen molar-refractivity contribution in [1.82, 2.24) is 24.7 Å². The Balaban J connectivity index is 1.62. The highest BCUT2D eigenvalue weighted by Crippen LogP contribution is 2.20. The number of hydrogen-bond donors (Lipinski definition) is 2. The van der Waals surface area contributed by atoms with E-state index in [1.807, 2.05) is 38.1 Å². The van der Waals surface area contributed by atoms with E-state index in [4.69, 9.17) is 0 Å². The first kappa shape index (κ1) is 18.9. The Morgan fingerprint density at radius 1 is 1.17 bits per heavy atom. The lowest BCUT2D eigenvalue weighted by Gasteiger charge is -2.11. The number of anilines is 1. The summed E-state index contributed by atoms with van der Waals surface area (Å²) in [4.78, 5) is 34.1. The zero-order chi connectivity index (χ0) is 20.4. The minimum Gasteiger partial charge on any atom is -0.325 e. The molecule has 29 heavy (non-hydrogen) atoms. The number of nitrogens with one attached hydrogen (secondary N) is 2. The Hall–Kier alpha value is -3.46. The predicted molar refractivity (Wildman–Crippen MR) is 113 cm³/mol. The highest BCUT2D eigenvalue weighted by molar-refractivity contribution is 7.99. The molecule has 0 fully saturated rings. The summed E-state index contributed by atoms with van der Waals surface area (Å²) in [5, 5.41) is 10.2. The van der Waals surface area contributed by atoms with Gasteiger partial charge in [0.05, 0.1) is 16.7 Å². The number of H-pyrrole nitrogens is 1. The first-order valence-electron chi connectivity index (χ1n) is 8.90. The molecular weight excluding hydrogens is 388 g/mol. The molecule has 0 spiro atoms. The molecule has 4 aromatic rings. The summed E-state index contributed by atoms with van der Waals surface area (Å²) in [5.74, 6) is 0.156. The third kappa shape index (κ3) is 4.04. The van der Waals surface area contributed by atoms with E-state index in [9.17, 15) is 9.59 Å². The summed E-state index contributed by atoms with van der Waals surface area (Å²) < 4.78 is 1.34. The molecule has 0 unspecified atom stereocenters. The number of aromatic nitrogens is 5. The van der Waals surface area contributed by atoms with Crippen molar-refractivity contribution in [2.24, 2.45) is 0 Å². The molecule has 2 aromatic heterocycles. The van der Waals surface area contributed by atoms with Crippen molar-refractivity contribution >= 4 is 34.3 Å². The molecule has 2 aromatic carbocycles. The molecule has 0 saturated heterocycles. The largest absolute Gasteiger partial charge is 0.325 e. The summed E-state index contributed by atoms with van der Waals surface area (Å²) in [6.45, 7) is 3.96. The average molecular weight is 406 g/mol. The van der Waals surface area contributed by atoms with Crippen LogP contribution >= 0.6 is 11.8 Å². The van der Waals surface area contributed by atoms with Crippen molar-refractivity contribution in [3.05, 3.63) is 70.3 Å². The molecule has 0 aliphatic heterocycles. The summed E-state index contributed by atoms with van der Waals surface area (Å²) >= 11 is 1.16. The molecule has 146 valence electrons. The molecule has 2 N–H and O–H groups in total. The lowest BCUT2D eigenvalue weighted by molar-refractivity contribution is -0.113. The van der Waals surface area contributed by atoms with Crippen LogP contribution in [0.15, 0.2) is 58.7 Å². The van der Waals surface area contributed by atoms with Gasteiger partial charge in [-0.2, -0.15) is 10.1 Å². The van der Waals surface area contributed by atoms with Crippen LogP contribution in [-0.2, 0) is 4.79 Å². The summed E-state index contributed by atoms with van der Waals surface area (Å²) in [7, 11) is 0. The second-order valence-corrected chi connectivity index (χ2v) is 7.52. The van der Waals surface area contributed by atoms with Gasteiger partial charge in [-0.1, -0.05) is 30.0 Å². The minimum atomic E-state index is -0.274. The number of fused-ring (bicyclic) bond motifs is 1. The lowest BCUT2D eigenvalue weighted by Crippen LogP contribution is -2.24. The maximum absolute atomic E-state index is 13.0. The number of rotatable bonds is 5. The molecule has 9 heteroatoms. The molecule has 0 aliphatic carbocycles. The zero-order valence-electron chi connectivity index (χ0n) is 15.8. The van der Waals surface area contributed by atoms with Gasteiger partial charge in [-0.25, -0.2) is 14.6 Å². The molecule has 0 atom stereocenters. The molecule has 2 heterocycles. The van der Waals surface area contributed by atoms with E-state index in [2.05, 4.69) is 25.5 Å². The number of aromatic amines is 1. The summed E-state index contributed by atoms with van der Waals surface area (Å²) in [5.41, 5.74) is 3.17. The number of benzene rings is 2. The SMILES string of the molecule is Cc1cc(C)cc(NC(=O)CSc2nc3ccccc3c(=O)n2-c2ncn[nH]2)c1. The van der Waals surface area contributed by atoms with Gasteiger partial charge < -0.3 is 5.32 Å². The predicted octanol–water partition coefficient (Wildman–Crippen LogP) is 2.85. The number of hydrogen-bond acceptors (Lipinski definition) is 6. The lowest BCUT2D eigenvalue weighted by atomic mass is 10.1. The molecule has 4 rings (SSSR count). The third-order valence-corrected chi connectivity index (χ3v) is 5.14. The fraction of sp³-hybridized carbons (Fsp3) is 0.150. The third-order valence-electron chi connectivity index (χ3n) is 4.20. The number of thioether (sulfide) groups is 1. The van der Waals surface area contributed by atoms with Crippen LogP contribution in [0.5, 0.6) is 0 Å². The maximum atomic E-state index is 13.0. The quantitative estimate of drug-likeness (QED) is 0.390. The highest BCUT2D eigenvalue weighted by atomic mass is 32.2. The van der Waals surface area contributed by atoms with Crippen LogP contribution in [0.2, 0.25) is 0 Å². The minimum absolute atomic E-state index is 0.0892. The van der Waals surface area contributed by atoms with Crippen molar-refractivity contribution < 1.29 is 4.79 Å². The fourth-order valence-electron chi connectivity index (χ4n) is 3.08. The zero-order valence-corrected chi connectivity index (χ0v) is 16.7. The highest BCUT2D eigenvalue weighted by Gasteiger charge is 2.16. The molecule has 0 bridgehead atoms. The Kier molecular flexibility index (Phi) is 5.13. The number of carbonyl (C=O) groups is 1. The summed E-state index contributed by atoms with van der Waals surface area (Å²) in [6.07, 6.45) is 1.32. The number of nitrogens with zero attached hydrogens (tertiary/aromatic N) is 4. The van der Waals surface area contributed by atoms with Crippen LogP contribution in [0.1, 0.15) is 11.1 Å². The van der Waals surface area contributed by atoms with Crippen LogP contribution in [0, 0.1) is 13.8 Å². The molecule has 8 nitrogen and oxygen atoms in total. The molecule has 0 saturated carbocycles. The van der Waals surface area contributed by atoms with Gasteiger partial charge >= 0.3 is 0 Å². The molecule has 0 aliphatic rings. The normalized spacial score (nSPS) is 11.0. The maximum Gasteiger partial charge on any atom is 0.269 e. The fourth-order valence-corrected chi connectivity index (χ4v) is 3.87. The van der Waals surface area contributed by atoms with Gasteiger partial charge in [0.1, 0.15) is 6.33 Å². The van der Waals surface area contributed by atoms with Crippen molar-refractivity contribution in [2.75, 3.05) is 11.1 Å².